The van der Waals surface area contributed by atoms with Gasteiger partial charge in [0.15, 0.2) is 0 Å². The van der Waals surface area contributed by atoms with Crippen molar-refractivity contribution in [2.75, 3.05) is 7.11 Å². The molecule has 1 aliphatic rings. The molecule has 4 heteroatoms. The fourth-order valence-electron chi connectivity index (χ4n) is 2.31. The number of aliphatic hydroxyl groups is 1. The second kappa shape index (κ2) is 3.49. The maximum Gasteiger partial charge on any atom is 0.138 e. The Balaban J connectivity index is 2.25. The van der Waals surface area contributed by atoms with Crippen molar-refractivity contribution in [2.45, 2.75) is 25.5 Å². The molecule has 1 N–H and O–H groups in total. The Hall–Kier alpha value is -1.55. The van der Waals surface area contributed by atoms with Gasteiger partial charge in [-0.25, -0.2) is 4.98 Å². The lowest BCUT2D eigenvalue weighted by atomic mass is 10.1. The van der Waals surface area contributed by atoms with E-state index in [0.717, 1.165) is 42.0 Å². The summed E-state index contributed by atoms with van der Waals surface area (Å²) in [6.07, 6.45) is 1.38. The van der Waals surface area contributed by atoms with Crippen LogP contribution in [0.4, 0.5) is 0 Å². The average molecular weight is 218 g/mol. The Morgan fingerprint density at radius 1 is 1.50 bits per heavy atom. The van der Waals surface area contributed by atoms with Crippen molar-refractivity contribution in [3.8, 4) is 5.75 Å². The van der Waals surface area contributed by atoms with Crippen LogP contribution in [0, 0.1) is 0 Å². The monoisotopic (exact) mass is 218 g/mol. The lowest BCUT2D eigenvalue weighted by molar-refractivity contribution is 0.135. The molecule has 3 rings (SSSR count). The molecule has 1 aromatic heterocycles. The molecule has 84 valence electrons. The Morgan fingerprint density at radius 3 is 3.19 bits per heavy atom. The molecule has 1 unspecified atom stereocenters. The predicted molar refractivity (Wildman–Crippen MR) is 60.5 cm³/mol. The largest absolute Gasteiger partial charge is 0.497 e. The molecule has 4 nitrogen and oxygen atoms in total. The third kappa shape index (κ3) is 1.30. The zero-order valence-corrected chi connectivity index (χ0v) is 9.18. The number of hydrogen-bond acceptors (Lipinski definition) is 3. The summed E-state index contributed by atoms with van der Waals surface area (Å²) in [5, 5.41) is 9.87. The normalized spacial score (nSPS) is 19.8. The fraction of sp³-hybridized carbons (Fsp3) is 0.417. The fourth-order valence-corrected chi connectivity index (χ4v) is 2.31. The van der Waals surface area contributed by atoms with Crippen molar-refractivity contribution in [2.24, 2.45) is 0 Å². The third-order valence-electron chi connectivity index (χ3n) is 3.14. The van der Waals surface area contributed by atoms with Crippen LogP contribution in [-0.4, -0.2) is 21.8 Å². The second-order valence-corrected chi connectivity index (χ2v) is 4.13. The quantitative estimate of drug-likeness (QED) is 0.794. The van der Waals surface area contributed by atoms with Crippen LogP contribution in [0.1, 0.15) is 24.8 Å². The number of aryl methyl sites for hydroxylation is 1. The number of benzene rings is 1. The van der Waals surface area contributed by atoms with Gasteiger partial charge >= 0.3 is 0 Å². The van der Waals surface area contributed by atoms with Gasteiger partial charge in [-0.15, -0.1) is 0 Å². The van der Waals surface area contributed by atoms with Gasteiger partial charge in [0, 0.05) is 12.6 Å². The van der Waals surface area contributed by atoms with E-state index in [0.29, 0.717) is 0 Å². The standard InChI is InChI=1S/C12H14N2O2/c1-16-8-4-5-9-10(7-8)14-6-2-3-11(15)12(14)13-9/h4-5,7,11,15H,2-3,6H2,1H3. The van der Waals surface area contributed by atoms with Crippen LogP contribution in [0.25, 0.3) is 11.0 Å². The van der Waals surface area contributed by atoms with Crippen molar-refractivity contribution in [1.82, 2.24) is 9.55 Å². The van der Waals surface area contributed by atoms with Crippen molar-refractivity contribution < 1.29 is 9.84 Å². The zero-order chi connectivity index (χ0) is 11.1. The highest BCUT2D eigenvalue weighted by Gasteiger charge is 2.22. The summed E-state index contributed by atoms with van der Waals surface area (Å²) in [7, 11) is 1.66. The number of imidazole rings is 1. The van der Waals surface area contributed by atoms with Gasteiger partial charge in [0.25, 0.3) is 0 Å². The van der Waals surface area contributed by atoms with Gasteiger partial charge in [0.2, 0.25) is 0 Å². The highest BCUT2D eigenvalue weighted by atomic mass is 16.5. The van der Waals surface area contributed by atoms with Crippen LogP contribution in [0.3, 0.4) is 0 Å². The SMILES string of the molecule is COc1ccc2nc3n(c2c1)CCCC3O. The first kappa shape index (κ1) is 9.66. The molecule has 0 radical (unpaired) electrons. The third-order valence-corrected chi connectivity index (χ3v) is 3.14. The Labute approximate surface area is 93.5 Å². The van der Waals surface area contributed by atoms with Gasteiger partial charge in [-0.05, 0) is 25.0 Å². The summed E-state index contributed by atoms with van der Waals surface area (Å²) in [6.45, 7) is 0.927. The van der Waals surface area contributed by atoms with Gasteiger partial charge in [-0.3, -0.25) is 0 Å². The highest BCUT2D eigenvalue weighted by Crippen LogP contribution is 2.30. The molecule has 0 saturated heterocycles. The van der Waals surface area contributed by atoms with Crippen molar-refractivity contribution in [1.29, 1.82) is 0 Å². The minimum absolute atomic E-state index is 0.424. The molecule has 0 saturated carbocycles. The lowest BCUT2D eigenvalue weighted by Gasteiger charge is -2.19. The van der Waals surface area contributed by atoms with Crippen LogP contribution >= 0.6 is 0 Å². The molecule has 0 amide bonds. The van der Waals surface area contributed by atoms with Gasteiger partial charge in [0.05, 0.1) is 18.1 Å². The number of fused-ring (bicyclic) bond motifs is 3. The topological polar surface area (TPSA) is 47.3 Å². The van der Waals surface area contributed by atoms with E-state index in [1.54, 1.807) is 7.11 Å². The molecule has 1 aliphatic heterocycles. The number of methoxy groups -OCH3 is 1. The first-order valence-electron chi connectivity index (χ1n) is 5.52. The second-order valence-electron chi connectivity index (χ2n) is 4.13. The van der Waals surface area contributed by atoms with E-state index >= 15 is 0 Å². The molecular formula is C12H14N2O2. The molecule has 0 spiro atoms. The van der Waals surface area contributed by atoms with E-state index in [-0.39, 0.29) is 0 Å². The van der Waals surface area contributed by atoms with Crippen LogP contribution in [0.2, 0.25) is 0 Å². The summed E-state index contributed by atoms with van der Waals surface area (Å²) in [6, 6.07) is 5.81. The number of ether oxygens (including phenoxy) is 1. The number of nitrogens with zero attached hydrogens (tertiary/aromatic N) is 2. The van der Waals surface area contributed by atoms with Crippen molar-refractivity contribution in [3.05, 3.63) is 24.0 Å². The van der Waals surface area contributed by atoms with Crippen LogP contribution in [0.5, 0.6) is 5.75 Å². The number of aromatic nitrogens is 2. The average Bonchev–Trinajstić information content (AvgIpc) is 2.68. The van der Waals surface area contributed by atoms with Crippen LogP contribution in [-0.2, 0) is 6.54 Å². The molecular weight excluding hydrogens is 204 g/mol. The molecule has 2 aromatic rings. The first-order valence-corrected chi connectivity index (χ1v) is 5.52. The molecule has 2 heterocycles. The molecule has 1 aromatic carbocycles. The van der Waals surface area contributed by atoms with E-state index in [1.807, 2.05) is 18.2 Å². The molecule has 0 fully saturated rings. The van der Waals surface area contributed by atoms with Crippen molar-refractivity contribution in [3.63, 3.8) is 0 Å². The smallest absolute Gasteiger partial charge is 0.138 e. The van der Waals surface area contributed by atoms with Gasteiger partial charge in [-0.1, -0.05) is 0 Å². The van der Waals surface area contributed by atoms with Gasteiger partial charge < -0.3 is 14.4 Å². The number of rotatable bonds is 1. The number of hydrogen-bond donors (Lipinski definition) is 1. The van der Waals surface area contributed by atoms with Gasteiger partial charge in [-0.2, -0.15) is 0 Å². The van der Waals surface area contributed by atoms with E-state index in [1.165, 1.54) is 0 Å². The molecule has 16 heavy (non-hydrogen) atoms. The minimum atomic E-state index is -0.424. The molecule has 0 aliphatic carbocycles. The van der Waals surface area contributed by atoms with E-state index in [2.05, 4.69) is 9.55 Å². The number of aliphatic hydroxyl groups excluding tert-OH is 1. The van der Waals surface area contributed by atoms with Crippen LogP contribution in [0.15, 0.2) is 18.2 Å². The summed E-state index contributed by atoms with van der Waals surface area (Å²) in [5.41, 5.74) is 1.98. The van der Waals surface area contributed by atoms with E-state index in [4.69, 9.17) is 4.74 Å². The molecule has 1 atom stereocenters. The Morgan fingerprint density at radius 2 is 2.38 bits per heavy atom. The van der Waals surface area contributed by atoms with Crippen LogP contribution < -0.4 is 4.74 Å². The first-order chi connectivity index (χ1) is 7.79. The maximum atomic E-state index is 9.87. The van der Waals surface area contributed by atoms with E-state index < -0.39 is 6.10 Å². The maximum absolute atomic E-state index is 9.87. The Bertz CT molecular complexity index is 533. The summed E-state index contributed by atoms with van der Waals surface area (Å²) in [4.78, 5) is 4.47. The summed E-state index contributed by atoms with van der Waals surface area (Å²) < 4.78 is 7.30. The zero-order valence-electron chi connectivity index (χ0n) is 9.18. The summed E-state index contributed by atoms with van der Waals surface area (Å²) in [5.74, 6) is 1.62. The lowest BCUT2D eigenvalue weighted by Crippen LogP contribution is -2.15. The van der Waals surface area contributed by atoms with E-state index in [9.17, 15) is 5.11 Å². The Kier molecular flexibility index (Phi) is 2.11. The predicted octanol–water partition coefficient (Wildman–Crippen LogP) is 1.87. The van der Waals surface area contributed by atoms with Gasteiger partial charge in [0.1, 0.15) is 17.7 Å². The summed E-state index contributed by atoms with van der Waals surface area (Å²) >= 11 is 0. The van der Waals surface area contributed by atoms with Crippen molar-refractivity contribution >= 4 is 11.0 Å². The minimum Gasteiger partial charge on any atom is -0.497 e. The molecule has 0 bridgehead atoms. The highest BCUT2D eigenvalue weighted by molar-refractivity contribution is 5.78.